The zero-order valence-electron chi connectivity index (χ0n) is 20.3. The second kappa shape index (κ2) is 9.84. The van der Waals surface area contributed by atoms with Crippen LogP contribution in [-0.2, 0) is 0 Å². The number of amides is 1. The molecule has 1 saturated heterocycles. The molecule has 0 spiro atoms. The fraction of sp³-hybridized carbons (Fsp3) is 0.393. The molecule has 33 heavy (non-hydrogen) atoms. The molecular weight excluding hydrogens is 408 g/mol. The number of carbonyl (C=O) groups is 1. The van der Waals surface area contributed by atoms with E-state index in [0.717, 1.165) is 55.0 Å². The molecule has 2 aromatic carbocycles. The number of allylic oxidation sites excluding steroid dienone is 2. The van der Waals surface area contributed by atoms with Crippen LogP contribution in [0.15, 0.2) is 53.7 Å². The Balaban J connectivity index is 1.66. The minimum Gasteiger partial charge on any atom is -0.382 e. The second-order valence-electron chi connectivity index (χ2n) is 9.28. The largest absolute Gasteiger partial charge is 0.382 e. The van der Waals surface area contributed by atoms with Crippen molar-refractivity contribution < 1.29 is 4.79 Å². The normalized spacial score (nSPS) is 19.2. The maximum Gasteiger partial charge on any atom is 0.253 e. The van der Waals surface area contributed by atoms with Gasteiger partial charge in [-0.3, -0.25) is 4.79 Å². The first kappa shape index (κ1) is 23.1. The predicted molar refractivity (Wildman–Crippen MR) is 139 cm³/mol. The quantitative estimate of drug-likeness (QED) is 0.644. The Morgan fingerprint density at radius 2 is 1.94 bits per heavy atom. The summed E-state index contributed by atoms with van der Waals surface area (Å²) in [4.78, 5) is 17.5. The van der Waals surface area contributed by atoms with E-state index in [2.05, 4.69) is 74.3 Å². The van der Waals surface area contributed by atoms with Crippen LogP contribution in [0.3, 0.4) is 0 Å². The van der Waals surface area contributed by atoms with E-state index >= 15 is 0 Å². The van der Waals surface area contributed by atoms with Crippen molar-refractivity contribution in [2.75, 3.05) is 36.4 Å². The number of benzene rings is 2. The summed E-state index contributed by atoms with van der Waals surface area (Å²) in [5.41, 5.74) is 15.1. The number of nitrogens with one attached hydrogen (secondary N) is 1. The summed E-state index contributed by atoms with van der Waals surface area (Å²) in [5, 5.41) is 3.53. The van der Waals surface area contributed by atoms with Crippen LogP contribution in [0, 0.1) is 13.8 Å². The number of rotatable bonds is 4. The number of hydrogen-bond donors (Lipinski definition) is 2. The first-order valence-electron chi connectivity index (χ1n) is 12.0. The third-order valence-electron chi connectivity index (χ3n) is 6.74. The maximum atomic E-state index is 13.2. The highest BCUT2D eigenvalue weighted by Gasteiger charge is 2.27. The Hall–Kier alpha value is -3.05. The highest BCUT2D eigenvalue weighted by molar-refractivity contribution is 5.97. The zero-order chi connectivity index (χ0) is 23.5. The molecule has 0 radical (unpaired) electrons. The smallest absolute Gasteiger partial charge is 0.253 e. The highest BCUT2D eigenvalue weighted by atomic mass is 16.2. The van der Waals surface area contributed by atoms with Crippen molar-refractivity contribution in [1.82, 2.24) is 4.90 Å². The van der Waals surface area contributed by atoms with Crippen LogP contribution in [0.5, 0.6) is 0 Å². The van der Waals surface area contributed by atoms with E-state index in [-0.39, 0.29) is 11.9 Å². The van der Waals surface area contributed by atoms with Crippen LogP contribution in [0.4, 0.5) is 11.4 Å². The van der Waals surface area contributed by atoms with Gasteiger partial charge in [-0.2, -0.15) is 0 Å². The number of piperidine rings is 1. The number of hydrogen-bond acceptors (Lipinski definition) is 4. The van der Waals surface area contributed by atoms with Gasteiger partial charge in [0.15, 0.2) is 0 Å². The van der Waals surface area contributed by atoms with Gasteiger partial charge in [0.1, 0.15) is 0 Å². The number of nitrogens with zero attached hydrogens (tertiary/aromatic N) is 2. The Bertz CT molecular complexity index is 1100. The molecular formula is C28H36N4O. The van der Waals surface area contributed by atoms with Crippen LogP contribution < -0.4 is 16.0 Å². The molecule has 0 bridgehead atoms. The first-order valence-corrected chi connectivity index (χ1v) is 12.0. The van der Waals surface area contributed by atoms with Crippen molar-refractivity contribution in [3.8, 4) is 0 Å². The minimum atomic E-state index is 0.0790. The molecule has 174 valence electrons. The van der Waals surface area contributed by atoms with Gasteiger partial charge in [-0.1, -0.05) is 30.3 Å². The Morgan fingerprint density at radius 1 is 1.15 bits per heavy atom. The standard InChI is InChI=1S/C28H36N4O/c1-5-26(20(3)15-22-10-7-6-9-19(22)2)32-14-12-30-25-17-23(16-21(4)27(25)32)28(33)31-13-8-11-24(29)18-31/h5-7,9-10,15-17,24,30H,8,11-14,18,29H2,1-4H3/b20-15+,26-5-. The Kier molecular flexibility index (Phi) is 6.89. The average Bonchev–Trinajstić information content (AvgIpc) is 2.80. The lowest BCUT2D eigenvalue weighted by Gasteiger charge is -2.36. The van der Waals surface area contributed by atoms with Crippen molar-refractivity contribution in [3.05, 3.63) is 76.0 Å². The molecule has 5 heteroatoms. The van der Waals surface area contributed by atoms with Crippen molar-refractivity contribution >= 4 is 23.4 Å². The summed E-state index contributed by atoms with van der Waals surface area (Å²) in [6, 6.07) is 12.6. The van der Waals surface area contributed by atoms with Crippen molar-refractivity contribution in [2.24, 2.45) is 5.73 Å². The van der Waals surface area contributed by atoms with Gasteiger partial charge in [-0.15, -0.1) is 0 Å². The van der Waals surface area contributed by atoms with Crippen LogP contribution in [0.25, 0.3) is 6.08 Å². The molecule has 5 nitrogen and oxygen atoms in total. The Morgan fingerprint density at radius 3 is 2.67 bits per heavy atom. The lowest BCUT2D eigenvalue weighted by molar-refractivity contribution is 0.0709. The molecule has 0 saturated carbocycles. The molecule has 4 rings (SSSR count). The van der Waals surface area contributed by atoms with E-state index in [9.17, 15) is 4.79 Å². The first-order chi connectivity index (χ1) is 15.9. The third kappa shape index (κ3) is 4.83. The van der Waals surface area contributed by atoms with Gasteiger partial charge in [0.05, 0.1) is 11.4 Å². The van der Waals surface area contributed by atoms with Crippen molar-refractivity contribution in [2.45, 2.75) is 46.6 Å². The van der Waals surface area contributed by atoms with Gasteiger partial charge in [-0.25, -0.2) is 0 Å². The molecule has 0 aliphatic carbocycles. The number of carbonyl (C=O) groups excluding carboxylic acids is 1. The molecule has 1 unspecified atom stereocenters. The van der Waals surface area contributed by atoms with Crippen LogP contribution in [0.1, 0.15) is 53.7 Å². The van der Waals surface area contributed by atoms with E-state index < -0.39 is 0 Å². The molecule has 1 fully saturated rings. The number of likely N-dealkylation sites (tertiary alicyclic amines) is 1. The van der Waals surface area contributed by atoms with Crippen molar-refractivity contribution in [3.63, 3.8) is 0 Å². The van der Waals surface area contributed by atoms with Gasteiger partial charge in [0.25, 0.3) is 5.91 Å². The molecule has 2 heterocycles. The molecule has 3 N–H and O–H groups in total. The van der Waals surface area contributed by atoms with E-state index in [1.165, 1.54) is 22.4 Å². The summed E-state index contributed by atoms with van der Waals surface area (Å²) in [6.45, 7) is 11.6. The van der Waals surface area contributed by atoms with Gasteiger partial charge < -0.3 is 20.9 Å². The van der Waals surface area contributed by atoms with E-state index in [1.54, 1.807) is 0 Å². The molecule has 0 aromatic heterocycles. The molecule has 2 aliphatic rings. The lowest BCUT2D eigenvalue weighted by atomic mass is 9.99. The van der Waals surface area contributed by atoms with E-state index in [4.69, 9.17) is 5.73 Å². The van der Waals surface area contributed by atoms with E-state index in [0.29, 0.717) is 6.54 Å². The Labute approximate surface area is 198 Å². The van der Waals surface area contributed by atoms with Crippen molar-refractivity contribution in [1.29, 1.82) is 0 Å². The second-order valence-corrected chi connectivity index (χ2v) is 9.28. The highest BCUT2D eigenvalue weighted by Crippen LogP contribution is 2.38. The summed E-state index contributed by atoms with van der Waals surface area (Å²) >= 11 is 0. The van der Waals surface area contributed by atoms with Gasteiger partial charge >= 0.3 is 0 Å². The summed E-state index contributed by atoms with van der Waals surface area (Å²) in [5.74, 6) is 0.0804. The number of nitrogens with two attached hydrogens (primary N) is 1. The van der Waals surface area contributed by atoms with Crippen LogP contribution in [-0.4, -0.2) is 43.0 Å². The van der Waals surface area contributed by atoms with Crippen LogP contribution >= 0.6 is 0 Å². The summed E-state index contributed by atoms with van der Waals surface area (Å²) in [6.07, 6.45) is 6.41. The third-order valence-corrected chi connectivity index (χ3v) is 6.74. The molecule has 1 amide bonds. The zero-order valence-corrected chi connectivity index (χ0v) is 20.3. The maximum absolute atomic E-state index is 13.2. The lowest BCUT2D eigenvalue weighted by Crippen LogP contribution is -2.45. The van der Waals surface area contributed by atoms with Crippen LogP contribution in [0.2, 0.25) is 0 Å². The summed E-state index contributed by atoms with van der Waals surface area (Å²) in [7, 11) is 0. The average molecular weight is 445 g/mol. The van der Waals surface area contributed by atoms with Gasteiger partial charge in [0.2, 0.25) is 0 Å². The monoisotopic (exact) mass is 444 g/mol. The topological polar surface area (TPSA) is 61.6 Å². The molecule has 2 aromatic rings. The van der Waals surface area contributed by atoms with Gasteiger partial charge in [0, 0.05) is 43.5 Å². The molecule has 1 atom stereocenters. The molecule has 2 aliphatic heterocycles. The number of anilines is 2. The van der Waals surface area contributed by atoms with E-state index in [1.807, 2.05) is 17.0 Å². The van der Waals surface area contributed by atoms with Gasteiger partial charge in [-0.05, 0) is 81.0 Å². The number of aryl methyl sites for hydroxylation is 2. The fourth-order valence-corrected chi connectivity index (χ4v) is 5.08. The fourth-order valence-electron chi connectivity index (χ4n) is 5.08. The predicted octanol–water partition coefficient (Wildman–Crippen LogP) is 5.11. The number of fused-ring (bicyclic) bond motifs is 1. The minimum absolute atomic E-state index is 0.0790. The SMILES string of the molecule is C/C=C(/C(C)=C/c1ccccc1C)N1CCNc2cc(C(=O)N3CCCC(N)C3)cc(C)c21. The summed E-state index contributed by atoms with van der Waals surface area (Å²) < 4.78 is 0.